The van der Waals surface area contributed by atoms with E-state index in [-0.39, 0.29) is 17.4 Å². The van der Waals surface area contributed by atoms with Gasteiger partial charge in [0.1, 0.15) is 0 Å². The smallest absolute Gasteiger partial charge is 0.317 e. The van der Waals surface area contributed by atoms with Gasteiger partial charge in [0.15, 0.2) is 12.4 Å². The number of rotatable bonds is 7. The lowest BCUT2D eigenvalue weighted by atomic mass is 9.72. The number of likely N-dealkylation sites (tertiary alicyclic amines) is 1. The second-order valence-electron chi connectivity index (χ2n) is 9.02. The van der Waals surface area contributed by atoms with Crippen LogP contribution in [0.2, 0.25) is 0 Å². The molecule has 186 valence electrons. The molecule has 9 heteroatoms. The van der Waals surface area contributed by atoms with Gasteiger partial charge in [0.05, 0.1) is 16.9 Å². The van der Waals surface area contributed by atoms with Crippen LogP contribution in [0.5, 0.6) is 0 Å². The summed E-state index contributed by atoms with van der Waals surface area (Å²) in [4.78, 5) is 39.7. The van der Waals surface area contributed by atoms with E-state index in [1.807, 2.05) is 30.3 Å². The van der Waals surface area contributed by atoms with E-state index in [4.69, 9.17) is 4.74 Å². The van der Waals surface area contributed by atoms with Gasteiger partial charge in [-0.3, -0.25) is 18.7 Å². The summed E-state index contributed by atoms with van der Waals surface area (Å²) in [6.45, 7) is 3.95. The molecule has 2 aromatic rings. The average Bonchev–Trinajstić information content (AvgIpc) is 3.32. The van der Waals surface area contributed by atoms with Crippen LogP contribution in [0, 0.1) is 0 Å². The lowest BCUT2D eigenvalue weighted by Crippen LogP contribution is -2.49. The predicted molar refractivity (Wildman–Crippen MR) is 132 cm³/mol. The van der Waals surface area contributed by atoms with Gasteiger partial charge in [-0.05, 0) is 55.5 Å². The van der Waals surface area contributed by atoms with Crippen molar-refractivity contribution < 1.29 is 27.5 Å². The number of nitrogens with zero attached hydrogens (tertiary/aromatic N) is 2. The van der Waals surface area contributed by atoms with Crippen LogP contribution in [0.1, 0.15) is 48.2 Å². The van der Waals surface area contributed by atoms with E-state index in [9.17, 15) is 22.8 Å². The number of benzene rings is 2. The number of ether oxygens (including phenoxy) is 1. The number of anilines is 1. The van der Waals surface area contributed by atoms with E-state index in [2.05, 4.69) is 0 Å². The van der Waals surface area contributed by atoms with Crippen LogP contribution >= 0.6 is 0 Å². The molecular weight excluding hydrogens is 468 g/mol. The van der Waals surface area contributed by atoms with Crippen molar-refractivity contribution >= 4 is 33.4 Å². The summed E-state index contributed by atoms with van der Waals surface area (Å²) in [5, 5.41) is 0. The van der Waals surface area contributed by atoms with Gasteiger partial charge < -0.3 is 9.64 Å². The van der Waals surface area contributed by atoms with Crippen molar-refractivity contribution in [3.05, 3.63) is 65.2 Å². The largest absolute Gasteiger partial charge is 0.457 e. The molecule has 0 spiro atoms. The number of fused-ring (bicyclic) bond motifs is 1. The number of hydrogen-bond acceptors (Lipinski definition) is 6. The van der Waals surface area contributed by atoms with Gasteiger partial charge >= 0.3 is 5.97 Å². The molecule has 0 N–H and O–H groups in total. The Kier molecular flexibility index (Phi) is 6.98. The molecule has 35 heavy (non-hydrogen) atoms. The van der Waals surface area contributed by atoms with Crippen LogP contribution in [0.4, 0.5) is 5.69 Å². The molecule has 4 rings (SSSR count). The topological polar surface area (TPSA) is 101 Å². The number of carbonyl (C=O) groups is 3. The molecular formula is C26H30N2O6S. The zero-order valence-corrected chi connectivity index (χ0v) is 20.8. The fraction of sp³-hybridized carbons (Fsp3) is 0.423. The highest BCUT2D eigenvalue weighted by molar-refractivity contribution is 7.92. The van der Waals surface area contributed by atoms with Gasteiger partial charge in [0.25, 0.3) is 0 Å². The van der Waals surface area contributed by atoms with Crippen molar-refractivity contribution in [1.29, 1.82) is 0 Å². The van der Waals surface area contributed by atoms with Crippen molar-refractivity contribution in [2.45, 2.75) is 38.5 Å². The number of carbonyl (C=O) groups excluding carboxylic acids is 3. The van der Waals surface area contributed by atoms with Crippen LogP contribution in [0.25, 0.3) is 0 Å². The van der Waals surface area contributed by atoms with Crippen molar-refractivity contribution in [2.75, 3.05) is 36.3 Å². The minimum absolute atomic E-state index is 0.0103. The molecule has 0 saturated carbocycles. The van der Waals surface area contributed by atoms with Crippen LogP contribution in [0.15, 0.2) is 48.5 Å². The minimum atomic E-state index is -3.37. The van der Waals surface area contributed by atoms with Crippen molar-refractivity contribution in [3.63, 3.8) is 0 Å². The first-order valence-electron chi connectivity index (χ1n) is 11.8. The lowest BCUT2D eigenvalue weighted by molar-refractivity contribution is -0.153. The number of hydrogen-bond donors (Lipinski definition) is 0. The number of piperidine rings is 1. The first-order valence-corrected chi connectivity index (χ1v) is 13.4. The quantitative estimate of drug-likeness (QED) is 0.430. The molecule has 0 unspecified atom stereocenters. The molecule has 0 bridgehead atoms. The number of sulfonamides is 1. The molecule has 0 atom stereocenters. The van der Waals surface area contributed by atoms with E-state index in [0.717, 1.165) is 11.1 Å². The Bertz CT molecular complexity index is 1230. The summed E-state index contributed by atoms with van der Waals surface area (Å²) in [5.74, 6) is -0.836. The summed E-state index contributed by atoms with van der Waals surface area (Å²) < 4.78 is 31.5. The van der Waals surface area contributed by atoms with Gasteiger partial charge in [0, 0.05) is 32.1 Å². The Morgan fingerprint density at radius 2 is 1.69 bits per heavy atom. The van der Waals surface area contributed by atoms with Gasteiger partial charge in [-0.1, -0.05) is 30.3 Å². The summed E-state index contributed by atoms with van der Waals surface area (Å²) in [5.41, 5.74) is 1.67. The van der Waals surface area contributed by atoms with E-state index in [0.29, 0.717) is 50.1 Å². The molecule has 2 aromatic carbocycles. The Labute approximate surface area is 205 Å². The maximum Gasteiger partial charge on any atom is 0.317 e. The lowest BCUT2D eigenvalue weighted by Gasteiger charge is -2.40. The number of ketones is 1. The number of esters is 1. The first-order chi connectivity index (χ1) is 16.7. The fourth-order valence-electron chi connectivity index (χ4n) is 4.91. The molecule has 1 fully saturated rings. The fourth-order valence-corrected chi connectivity index (χ4v) is 6.07. The van der Waals surface area contributed by atoms with Gasteiger partial charge in [-0.2, -0.15) is 0 Å². The number of amides is 1. The Morgan fingerprint density at radius 3 is 2.31 bits per heavy atom. The summed E-state index contributed by atoms with van der Waals surface area (Å²) in [6, 6.07) is 14.3. The Morgan fingerprint density at radius 1 is 1.00 bits per heavy atom. The molecule has 1 amide bonds. The highest BCUT2D eigenvalue weighted by atomic mass is 32.2. The summed E-state index contributed by atoms with van der Waals surface area (Å²) in [7, 11) is -3.37. The summed E-state index contributed by atoms with van der Waals surface area (Å²) >= 11 is 0. The zero-order valence-electron chi connectivity index (χ0n) is 20.0. The van der Waals surface area contributed by atoms with Gasteiger partial charge in [-0.25, -0.2) is 8.42 Å². The third-order valence-electron chi connectivity index (χ3n) is 7.07. The molecule has 2 heterocycles. The third-order valence-corrected chi connectivity index (χ3v) is 8.85. The van der Waals surface area contributed by atoms with Crippen molar-refractivity contribution in [1.82, 2.24) is 4.90 Å². The minimum Gasteiger partial charge on any atom is -0.457 e. The van der Waals surface area contributed by atoms with Crippen LogP contribution in [-0.2, 0) is 36.2 Å². The van der Waals surface area contributed by atoms with E-state index < -0.39 is 28.0 Å². The molecule has 0 aliphatic carbocycles. The van der Waals surface area contributed by atoms with Gasteiger partial charge in [-0.15, -0.1) is 0 Å². The molecule has 1 saturated heterocycles. The maximum atomic E-state index is 13.4. The highest BCUT2D eigenvalue weighted by Gasteiger charge is 2.45. The molecule has 2 aliphatic heterocycles. The Hall–Kier alpha value is -3.20. The SMILES string of the molecule is CCS(=O)(=O)N1CCc2cc(C(=O)COC(=O)C3(c4ccccc4)CCN(C(C)=O)CC3)ccc21. The highest BCUT2D eigenvalue weighted by Crippen LogP contribution is 2.37. The van der Waals surface area contributed by atoms with Crippen LogP contribution < -0.4 is 4.31 Å². The van der Waals surface area contributed by atoms with E-state index in [1.54, 1.807) is 30.0 Å². The molecule has 0 radical (unpaired) electrons. The third kappa shape index (κ3) is 4.82. The molecule has 8 nitrogen and oxygen atoms in total. The Balaban J connectivity index is 1.48. The van der Waals surface area contributed by atoms with Crippen molar-refractivity contribution in [3.8, 4) is 0 Å². The first kappa shape index (κ1) is 24.9. The molecule has 2 aliphatic rings. The van der Waals surface area contributed by atoms with E-state index >= 15 is 0 Å². The standard InChI is InChI=1S/C26H30N2O6S/c1-3-35(32,33)28-14-11-20-17-21(9-10-23(20)28)24(30)18-34-25(31)26(22-7-5-4-6-8-22)12-15-27(16-13-26)19(2)29/h4-10,17H,3,11-16,18H2,1-2H3. The second-order valence-corrected chi connectivity index (χ2v) is 11.2. The predicted octanol–water partition coefficient (Wildman–Crippen LogP) is 2.71. The van der Waals surface area contributed by atoms with Gasteiger partial charge in [0.2, 0.25) is 15.9 Å². The average molecular weight is 499 g/mol. The van der Waals surface area contributed by atoms with Crippen molar-refractivity contribution in [2.24, 2.45) is 0 Å². The second kappa shape index (κ2) is 9.81. The van der Waals surface area contributed by atoms with Crippen LogP contribution in [-0.4, -0.2) is 63.0 Å². The number of Topliss-reactive ketones (excluding diaryl/α,β-unsaturated/α-hetero) is 1. The monoisotopic (exact) mass is 498 g/mol. The van der Waals surface area contributed by atoms with Crippen LogP contribution in [0.3, 0.4) is 0 Å². The molecule has 0 aromatic heterocycles. The maximum absolute atomic E-state index is 13.4. The zero-order chi connectivity index (χ0) is 25.2. The normalized spacial score (nSPS) is 17.1. The van der Waals surface area contributed by atoms with E-state index in [1.165, 1.54) is 11.2 Å². The summed E-state index contributed by atoms with van der Waals surface area (Å²) in [6.07, 6.45) is 1.37.